The molecule has 0 spiro atoms. The van der Waals surface area contributed by atoms with Gasteiger partial charge < -0.3 is 4.98 Å². The molecule has 0 aliphatic rings. The number of rotatable bonds is 1. The number of aromatic amines is 1. The van der Waals surface area contributed by atoms with Crippen LogP contribution in [0.25, 0.3) is 10.2 Å². The molecular weight excluding hydrogens is 158 g/mol. The average Bonchev–Trinajstić information content (AvgIpc) is 2.40. The van der Waals surface area contributed by atoms with Gasteiger partial charge in [-0.3, -0.25) is 4.79 Å². The highest BCUT2D eigenvalue weighted by Gasteiger charge is 2.04. The minimum absolute atomic E-state index is 0.139. The zero-order valence-corrected chi connectivity index (χ0v) is 6.87. The van der Waals surface area contributed by atoms with Gasteiger partial charge in [-0.2, -0.15) is 0 Å². The molecule has 0 saturated carbocycles. The normalized spacial score (nSPS) is 10.6. The van der Waals surface area contributed by atoms with E-state index in [9.17, 15) is 4.79 Å². The lowest BCUT2D eigenvalue weighted by atomic mass is 10.3. The molecule has 0 saturated heterocycles. The number of thiophene rings is 1. The summed E-state index contributed by atoms with van der Waals surface area (Å²) >= 11 is 1.53. The van der Waals surface area contributed by atoms with Crippen LogP contribution in [0.1, 0.15) is 16.6 Å². The third kappa shape index (κ3) is 0.973. The number of Topliss-reactive ketones (excluding diaryl/α,β-unsaturated/α-hetero) is 1. The van der Waals surface area contributed by atoms with Gasteiger partial charge in [-0.05, 0) is 19.1 Å². The van der Waals surface area contributed by atoms with Gasteiger partial charge in [0.25, 0.3) is 0 Å². The van der Waals surface area contributed by atoms with Crippen molar-refractivity contribution in [2.75, 3.05) is 0 Å². The predicted octanol–water partition coefficient (Wildman–Crippen LogP) is 2.43. The zero-order valence-electron chi connectivity index (χ0n) is 6.05. The van der Waals surface area contributed by atoms with E-state index >= 15 is 0 Å². The summed E-state index contributed by atoms with van der Waals surface area (Å²) in [6, 6.07) is 3.87. The molecule has 2 aromatic rings. The van der Waals surface area contributed by atoms with Crippen molar-refractivity contribution in [1.82, 2.24) is 4.98 Å². The third-order valence-corrected chi connectivity index (χ3v) is 2.78. The van der Waals surface area contributed by atoms with E-state index in [1.807, 2.05) is 18.3 Å². The number of nitrogens with one attached hydrogen (secondary N) is 1. The molecule has 0 aromatic carbocycles. The fraction of sp³-hybridized carbons (Fsp3) is 0.125. The molecule has 0 unspecified atom stereocenters. The van der Waals surface area contributed by atoms with Gasteiger partial charge in [0.2, 0.25) is 0 Å². The van der Waals surface area contributed by atoms with Crippen LogP contribution in [-0.2, 0) is 0 Å². The number of aromatic nitrogens is 1. The second kappa shape index (κ2) is 2.20. The lowest BCUT2D eigenvalue weighted by Crippen LogP contribution is -1.83. The topological polar surface area (TPSA) is 32.9 Å². The van der Waals surface area contributed by atoms with Crippen molar-refractivity contribution in [3.63, 3.8) is 0 Å². The first-order chi connectivity index (χ1) is 5.27. The van der Waals surface area contributed by atoms with Crippen LogP contribution >= 0.6 is 11.3 Å². The Morgan fingerprint density at radius 3 is 3.09 bits per heavy atom. The Hall–Kier alpha value is -1.09. The van der Waals surface area contributed by atoms with E-state index in [2.05, 4.69) is 4.98 Å². The fourth-order valence-corrected chi connectivity index (χ4v) is 1.94. The Morgan fingerprint density at radius 1 is 1.64 bits per heavy atom. The van der Waals surface area contributed by atoms with E-state index in [1.54, 1.807) is 6.92 Å². The zero-order chi connectivity index (χ0) is 7.84. The molecule has 0 aliphatic heterocycles. The Labute approximate surface area is 67.9 Å². The van der Waals surface area contributed by atoms with Crippen molar-refractivity contribution < 1.29 is 4.79 Å². The number of hydrogen-bond donors (Lipinski definition) is 1. The Kier molecular flexibility index (Phi) is 1.32. The standard InChI is InChI=1S/C8H7NOS/c1-5(10)8-4-6-7(11-8)2-3-9-6/h2-4,9H,1H3. The third-order valence-electron chi connectivity index (χ3n) is 1.58. The number of H-pyrrole nitrogens is 1. The molecule has 2 heterocycles. The highest BCUT2D eigenvalue weighted by molar-refractivity contribution is 7.20. The number of carbonyl (C=O) groups is 1. The summed E-state index contributed by atoms with van der Waals surface area (Å²) in [5.74, 6) is 0.139. The first kappa shape index (κ1) is 6.61. The maximum Gasteiger partial charge on any atom is 0.169 e. The van der Waals surface area contributed by atoms with Gasteiger partial charge in [-0.1, -0.05) is 0 Å². The summed E-state index contributed by atoms with van der Waals surface area (Å²) in [7, 11) is 0. The van der Waals surface area contributed by atoms with Gasteiger partial charge in [-0.15, -0.1) is 11.3 Å². The number of hydrogen-bond acceptors (Lipinski definition) is 2. The monoisotopic (exact) mass is 165 g/mol. The lowest BCUT2D eigenvalue weighted by Gasteiger charge is -1.81. The highest BCUT2D eigenvalue weighted by Crippen LogP contribution is 2.24. The van der Waals surface area contributed by atoms with Gasteiger partial charge in [0.1, 0.15) is 0 Å². The second-order valence-corrected chi connectivity index (χ2v) is 3.51. The molecule has 2 rings (SSSR count). The first-order valence-electron chi connectivity index (χ1n) is 3.35. The van der Waals surface area contributed by atoms with E-state index in [0.29, 0.717) is 0 Å². The maximum absolute atomic E-state index is 10.9. The smallest absolute Gasteiger partial charge is 0.169 e. The van der Waals surface area contributed by atoms with Crippen LogP contribution in [0.3, 0.4) is 0 Å². The molecule has 56 valence electrons. The summed E-state index contributed by atoms with van der Waals surface area (Å²) in [6.07, 6.45) is 1.88. The minimum Gasteiger partial charge on any atom is -0.360 e. The van der Waals surface area contributed by atoms with Gasteiger partial charge in [0, 0.05) is 6.20 Å². The van der Waals surface area contributed by atoms with Crippen molar-refractivity contribution in [3.05, 3.63) is 23.2 Å². The van der Waals surface area contributed by atoms with Gasteiger partial charge in [0.15, 0.2) is 5.78 Å². The van der Waals surface area contributed by atoms with Gasteiger partial charge in [-0.25, -0.2) is 0 Å². The second-order valence-electron chi connectivity index (χ2n) is 2.42. The van der Waals surface area contributed by atoms with E-state index in [0.717, 1.165) is 15.1 Å². The molecule has 0 atom stereocenters. The molecule has 11 heavy (non-hydrogen) atoms. The summed E-state index contributed by atoms with van der Waals surface area (Å²) in [6.45, 7) is 1.59. The summed E-state index contributed by atoms with van der Waals surface area (Å²) in [5, 5.41) is 0. The number of fused-ring (bicyclic) bond motifs is 1. The van der Waals surface area contributed by atoms with Crippen molar-refractivity contribution in [3.8, 4) is 0 Å². The van der Waals surface area contributed by atoms with Crippen LogP contribution in [0.15, 0.2) is 18.3 Å². The SMILES string of the molecule is CC(=O)c1cc2[nH]ccc2s1. The van der Waals surface area contributed by atoms with Crippen LogP contribution < -0.4 is 0 Å². The lowest BCUT2D eigenvalue weighted by molar-refractivity contribution is 0.102. The molecule has 0 bridgehead atoms. The fourth-order valence-electron chi connectivity index (χ4n) is 1.02. The maximum atomic E-state index is 10.9. The first-order valence-corrected chi connectivity index (χ1v) is 4.17. The van der Waals surface area contributed by atoms with Crippen LogP contribution in [0.4, 0.5) is 0 Å². The average molecular weight is 165 g/mol. The summed E-state index contributed by atoms with van der Waals surface area (Å²) in [4.78, 5) is 14.8. The van der Waals surface area contributed by atoms with E-state index in [1.165, 1.54) is 11.3 Å². The van der Waals surface area contributed by atoms with Crippen molar-refractivity contribution in [2.24, 2.45) is 0 Å². The Bertz CT molecular complexity index is 370. The van der Waals surface area contributed by atoms with E-state index in [-0.39, 0.29) is 5.78 Å². The molecule has 1 N–H and O–H groups in total. The highest BCUT2D eigenvalue weighted by atomic mass is 32.1. The summed E-state index contributed by atoms with van der Waals surface area (Å²) in [5.41, 5.74) is 1.06. The van der Waals surface area contributed by atoms with Crippen LogP contribution in [0.2, 0.25) is 0 Å². The Balaban J connectivity index is 2.67. The van der Waals surface area contributed by atoms with Crippen LogP contribution in [-0.4, -0.2) is 10.8 Å². The minimum atomic E-state index is 0.139. The molecule has 0 fully saturated rings. The number of ketones is 1. The molecule has 0 amide bonds. The van der Waals surface area contributed by atoms with Gasteiger partial charge >= 0.3 is 0 Å². The molecule has 2 nitrogen and oxygen atoms in total. The van der Waals surface area contributed by atoms with E-state index in [4.69, 9.17) is 0 Å². The molecular formula is C8H7NOS. The Morgan fingerprint density at radius 2 is 2.45 bits per heavy atom. The molecule has 2 aromatic heterocycles. The molecule has 3 heteroatoms. The predicted molar refractivity (Wildman–Crippen MR) is 46.2 cm³/mol. The largest absolute Gasteiger partial charge is 0.360 e. The van der Waals surface area contributed by atoms with Crippen LogP contribution in [0.5, 0.6) is 0 Å². The van der Waals surface area contributed by atoms with E-state index < -0.39 is 0 Å². The number of carbonyl (C=O) groups excluding carboxylic acids is 1. The molecule has 0 aliphatic carbocycles. The van der Waals surface area contributed by atoms with Crippen LogP contribution in [0, 0.1) is 0 Å². The quantitative estimate of drug-likeness (QED) is 0.647. The van der Waals surface area contributed by atoms with Crippen molar-refractivity contribution in [1.29, 1.82) is 0 Å². The van der Waals surface area contributed by atoms with Crippen molar-refractivity contribution >= 4 is 27.3 Å². The molecule has 0 radical (unpaired) electrons. The summed E-state index contributed by atoms with van der Waals surface area (Å²) < 4.78 is 1.15. The van der Waals surface area contributed by atoms with Crippen molar-refractivity contribution in [2.45, 2.75) is 6.92 Å². The van der Waals surface area contributed by atoms with Gasteiger partial charge in [0.05, 0.1) is 15.1 Å².